The third kappa shape index (κ3) is 3.86. The molecule has 0 spiro atoms. The van der Waals surface area contributed by atoms with Gasteiger partial charge in [-0.3, -0.25) is 4.90 Å². The Morgan fingerprint density at radius 1 is 1.38 bits per heavy atom. The lowest BCUT2D eigenvalue weighted by Gasteiger charge is -2.39. The molecule has 21 heavy (non-hydrogen) atoms. The number of likely N-dealkylation sites (N-methyl/N-ethyl adjacent to an activating group) is 1. The zero-order valence-electron chi connectivity index (χ0n) is 14.0. The van der Waals surface area contributed by atoms with Crippen LogP contribution in [0.2, 0.25) is 0 Å². The van der Waals surface area contributed by atoms with Crippen molar-refractivity contribution in [2.24, 2.45) is 5.73 Å². The molecule has 2 rings (SSSR count). The number of nitrogens with zero attached hydrogens (tertiary/aromatic N) is 2. The molecule has 0 bridgehead atoms. The van der Waals surface area contributed by atoms with Crippen LogP contribution >= 0.6 is 11.3 Å². The van der Waals surface area contributed by atoms with Crippen LogP contribution in [0.15, 0.2) is 11.4 Å². The lowest BCUT2D eigenvalue weighted by atomic mass is 9.98. The molecule has 0 aromatic carbocycles. The van der Waals surface area contributed by atoms with Gasteiger partial charge in [-0.1, -0.05) is 13.8 Å². The second-order valence-corrected chi connectivity index (χ2v) is 7.35. The maximum atomic E-state index is 6.56. The van der Waals surface area contributed by atoms with E-state index < -0.39 is 0 Å². The lowest BCUT2D eigenvalue weighted by Crippen LogP contribution is -2.48. The Hall–Kier alpha value is -0.420. The maximum Gasteiger partial charge on any atom is 0.0598 e. The van der Waals surface area contributed by atoms with Gasteiger partial charge in [0.05, 0.1) is 6.04 Å². The van der Waals surface area contributed by atoms with Gasteiger partial charge >= 0.3 is 0 Å². The van der Waals surface area contributed by atoms with Gasteiger partial charge in [0.1, 0.15) is 0 Å². The number of hydrogen-bond acceptors (Lipinski definition) is 4. The van der Waals surface area contributed by atoms with E-state index in [2.05, 4.69) is 49.1 Å². The predicted octanol–water partition coefficient (Wildman–Crippen LogP) is 3.25. The number of hydrogen-bond donors (Lipinski definition) is 1. The van der Waals surface area contributed by atoms with Crippen LogP contribution in [-0.2, 0) is 0 Å². The first kappa shape index (κ1) is 16.9. The van der Waals surface area contributed by atoms with Gasteiger partial charge < -0.3 is 10.6 Å². The topological polar surface area (TPSA) is 32.5 Å². The fraction of sp³-hybridized carbons (Fsp3) is 0.765. The molecule has 1 fully saturated rings. The molecule has 120 valence electrons. The van der Waals surface area contributed by atoms with E-state index in [9.17, 15) is 0 Å². The Morgan fingerprint density at radius 3 is 2.71 bits per heavy atom. The molecule has 1 aliphatic rings. The summed E-state index contributed by atoms with van der Waals surface area (Å²) in [6.07, 6.45) is 3.47. The van der Waals surface area contributed by atoms with Gasteiger partial charge in [0.25, 0.3) is 0 Å². The van der Waals surface area contributed by atoms with Gasteiger partial charge in [0.15, 0.2) is 0 Å². The van der Waals surface area contributed by atoms with E-state index in [1.807, 2.05) is 11.3 Å². The summed E-state index contributed by atoms with van der Waals surface area (Å²) >= 11 is 1.88. The van der Waals surface area contributed by atoms with E-state index in [0.29, 0.717) is 12.1 Å². The van der Waals surface area contributed by atoms with E-state index >= 15 is 0 Å². The van der Waals surface area contributed by atoms with Crippen LogP contribution in [0.3, 0.4) is 0 Å². The van der Waals surface area contributed by atoms with Crippen molar-refractivity contribution < 1.29 is 0 Å². The van der Waals surface area contributed by atoms with Gasteiger partial charge in [0.2, 0.25) is 0 Å². The minimum atomic E-state index is 0.222. The summed E-state index contributed by atoms with van der Waals surface area (Å²) in [7, 11) is 2.25. The van der Waals surface area contributed by atoms with Crippen LogP contribution < -0.4 is 5.73 Å². The highest BCUT2D eigenvalue weighted by molar-refractivity contribution is 7.10. The van der Waals surface area contributed by atoms with Crippen molar-refractivity contribution in [3.8, 4) is 0 Å². The Bertz CT molecular complexity index is 431. The van der Waals surface area contributed by atoms with Crippen molar-refractivity contribution in [1.82, 2.24) is 9.80 Å². The maximum absolute atomic E-state index is 6.56. The lowest BCUT2D eigenvalue weighted by molar-refractivity contribution is 0.110. The quantitative estimate of drug-likeness (QED) is 0.906. The summed E-state index contributed by atoms with van der Waals surface area (Å²) in [5.74, 6) is 0. The molecule has 1 aromatic rings. The van der Waals surface area contributed by atoms with Crippen molar-refractivity contribution in [3.05, 3.63) is 21.9 Å². The van der Waals surface area contributed by atoms with Crippen molar-refractivity contribution >= 4 is 11.3 Å². The van der Waals surface area contributed by atoms with Gasteiger partial charge in [-0.05, 0) is 56.8 Å². The second-order valence-electron chi connectivity index (χ2n) is 6.40. The summed E-state index contributed by atoms with van der Waals surface area (Å²) in [4.78, 5) is 6.66. The molecule has 3 unspecified atom stereocenters. The van der Waals surface area contributed by atoms with Crippen LogP contribution in [0.4, 0.5) is 0 Å². The molecule has 3 nitrogen and oxygen atoms in total. The fourth-order valence-electron chi connectivity index (χ4n) is 3.49. The molecule has 2 N–H and O–H groups in total. The Labute approximate surface area is 134 Å². The number of aryl methyl sites for hydroxylation is 1. The Balaban J connectivity index is 2.32. The Kier molecular flexibility index (Phi) is 6.23. The standard InChI is InChI=1S/C17H31N3S/c1-5-14-12-19(4)9-7-10-20(14)16(15(18)6-2)17-13(3)8-11-21-17/h8,11,14-16H,5-7,9-10,12,18H2,1-4H3. The molecule has 4 heteroatoms. The molecule has 1 aromatic heterocycles. The first-order valence-corrected chi connectivity index (χ1v) is 9.20. The minimum absolute atomic E-state index is 0.222. The van der Waals surface area contributed by atoms with Gasteiger partial charge in [-0.25, -0.2) is 0 Å². The first-order valence-electron chi connectivity index (χ1n) is 8.32. The molecule has 1 aliphatic heterocycles. The summed E-state index contributed by atoms with van der Waals surface area (Å²) < 4.78 is 0. The molecular formula is C17H31N3S. The molecular weight excluding hydrogens is 278 g/mol. The zero-order chi connectivity index (χ0) is 15.4. The summed E-state index contributed by atoms with van der Waals surface area (Å²) in [6, 6.07) is 3.45. The van der Waals surface area contributed by atoms with E-state index in [4.69, 9.17) is 5.73 Å². The van der Waals surface area contributed by atoms with Crippen LogP contribution in [0.25, 0.3) is 0 Å². The smallest absolute Gasteiger partial charge is 0.0598 e. The van der Waals surface area contributed by atoms with E-state index in [0.717, 1.165) is 13.0 Å². The van der Waals surface area contributed by atoms with Crippen LogP contribution in [0, 0.1) is 6.92 Å². The predicted molar refractivity (Wildman–Crippen MR) is 93.0 cm³/mol. The van der Waals surface area contributed by atoms with Crippen molar-refractivity contribution in [1.29, 1.82) is 0 Å². The highest BCUT2D eigenvalue weighted by Gasteiger charge is 2.33. The molecule has 0 aliphatic carbocycles. The third-order valence-corrected chi connectivity index (χ3v) is 5.91. The normalized spacial score (nSPS) is 24.7. The molecule has 1 saturated heterocycles. The van der Waals surface area contributed by atoms with Crippen LogP contribution in [-0.4, -0.2) is 48.6 Å². The highest BCUT2D eigenvalue weighted by atomic mass is 32.1. The van der Waals surface area contributed by atoms with Crippen molar-refractivity contribution in [2.75, 3.05) is 26.7 Å². The van der Waals surface area contributed by atoms with Crippen LogP contribution in [0.5, 0.6) is 0 Å². The fourth-order valence-corrected chi connectivity index (χ4v) is 4.62. The van der Waals surface area contributed by atoms with Crippen molar-refractivity contribution in [3.63, 3.8) is 0 Å². The number of nitrogens with two attached hydrogens (primary N) is 1. The highest BCUT2D eigenvalue weighted by Crippen LogP contribution is 2.34. The van der Waals surface area contributed by atoms with E-state index in [1.165, 1.54) is 36.4 Å². The molecule has 2 heterocycles. The van der Waals surface area contributed by atoms with Gasteiger partial charge in [-0.2, -0.15) is 0 Å². The molecule has 0 radical (unpaired) electrons. The van der Waals surface area contributed by atoms with E-state index in [-0.39, 0.29) is 6.04 Å². The van der Waals surface area contributed by atoms with E-state index in [1.54, 1.807) is 0 Å². The van der Waals surface area contributed by atoms with Gasteiger partial charge in [-0.15, -0.1) is 11.3 Å². The first-order chi connectivity index (χ1) is 10.1. The third-order valence-electron chi connectivity index (χ3n) is 4.82. The second kappa shape index (κ2) is 7.73. The summed E-state index contributed by atoms with van der Waals surface area (Å²) in [5.41, 5.74) is 7.97. The zero-order valence-corrected chi connectivity index (χ0v) is 14.8. The van der Waals surface area contributed by atoms with Gasteiger partial charge in [0, 0.05) is 30.1 Å². The molecule has 0 amide bonds. The minimum Gasteiger partial charge on any atom is -0.326 e. The average Bonchev–Trinajstić information content (AvgIpc) is 2.79. The monoisotopic (exact) mass is 309 g/mol. The Morgan fingerprint density at radius 2 is 2.14 bits per heavy atom. The molecule has 3 atom stereocenters. The average molecular weight is 310 g/mol. The SMILES string of the molecule is CCC(N)C(c1sccc1C)N1CCCN(C)CC1CC. The number of thiophene rings is 1. The largest absolute Gasteiger partial charge is 0.326 e. The summed E-state index contributed by atoms with van der Waals surface area (Å²) in [6.45, 7) is 10.3. The molecule has 0 saturated carbocycles. The number of rotatable bonds is 5. The van der Waals surface area contributed by atoms with Crippen LogP contribution in [0.1, 0.15) is 49.6 Å². The summed E-state index contributed by atoms with van der Waals surface area (Å²) in [5, 5.41) is 2.21. The van der Waals surface area contributed by atoms with Crippen molar-refractivity contribution in [2.45, 2.75) is 58.2 Å².